The third-order valence-corrected chi connectivity index (χ3v) is 5.51. The molecule has 9 nitrogen and oxygen atoms in total. The van der Waals surface area contributed by atoms with Gasteiger partial charge in [-0.2, -0.15) is 0 Å². The molecule has 0 saturated carbocycles. The quantitative estimate of drug-likeness (QED) is 0.546. The standard InChI is InChI=1S/C13H19ClN4O5S/c1-16-4-6-17(7-5-16)3-2-15-24(22,23)12-9-10(14)8-11(13(12)19)18(20)21/h8-9,15,19H,2-7H2,1H3. The van der Waals surface area contributed by atoms with E-state index in [4.69, 9.17) is 11.6 Å². The zero-order valence-electron chi connectivity index (χ0n) is 13.1. The van der Waals surface area contributed by atoms with Gasteiger partial charge < -0.3 is 10.0 Å². The molecule has 1 aliphatic rings. The average Bonchev–Trinajstić information content (AvgIpc) is 2.50. The minimum absolute atomic E-state index is 0.131. The lowest BCUT2D eigenvalue weighted by atomic mass is 10.3. The summed E-state index contributed by atoms with van der Waals surface area (Å²) in [6, 6.07) is 1.89. The number of piperazine rings is 1. The van der Waals surface area contributed by atoms with Crippen LogP contribution in [-0.2, 0) is 10.0 Å². The molecule has 0 aliphatic carbocycles. The van der Waals surface area contributed by atoms with Gasteiger partial charge in [-0.05, 0) is 13.1 Å². The fourth-order valence-corrected chi connectivity index (χ4v) is 3.83. The highest BCUT2D eigenvalue weighted by atomic mass is 35.5. The predicted octanol–water partition coefficient (Wildman–Crippen LogP) is 0.480. The van der Waals surface area contributed by atoms with E-state index in [1.807, 2.05) is 7.05 Å². The second-order valence-electron chi connectivity index (χ2n) is 5.57. The van der Waals surface area contributed by atoms with Crippen molar-refractivity contribution in [3.63, 3.8) is 0 Å². The van der Waals surface area contributed by atoms with Crippen molar-refractivity contribution in [2.75, 3.05) is 46.3 Å². The number of hydrogen-bond donors (Lipinski definition) is 2. The molecule has 0 atom stereocenters. The van der Waals surface area contributed by atoms with Gasteiger partial charge in [0, 0.05) is 50.4 Å². The van der Waals surface area contributed by atoms with Gasteiger partial charge in [0.2, 0.25) is 15.8 Å². The second kappa shape index (κ2) is 7.62. The topological polar surface area (TPSA) is 116 Å². The largest absolute Gasteiger partial charge is 0.501 e. The van der Waals surface area contributed by atoms with Crippen LogP contribution in [0.3, 0.4) is 0 Å². The first-order valence-corrected chi connectivity index (χ1v) is 9.14. The second-order valence-corrected chi connectivity index (χ2v) is 7.74. The molecule has 11 heteroatoms. The molecule has 0 unspecified atom stereocenters. The SMILES string of the molecule is CN1CCN(CCNS(=O)(=O)c2cc(Cl)cc([N+](=O)[O-])c2O)CC1. The summed E-state index contributed by atoms with van der Waals surface area (Å²) in [5.41, 5.74) is -0.748. The number of nitrogens with zero attached hydrogens (tertiary/aromatic N) is 3. The molecule has 0 radical (unpaired) electrons. The minimum Gasteiger partial charge on any atom is -0.501 e. The molecule has 0 spiro atoms. The zero-order valence-corrected chi connectivity index (χ0v) is 14.7. The van der Waals surface area contributed by atoms with Gasteiger partial charge in [0.15, 0.2) is 0 Å². The van der Waals surface area contributed by atoms with Crippen LogP contribution in [-0.4, -0.2) is 74.6 Å². The van der Waals surface area contributed by atoms with E-state index < -0.39 is 31.3 Å². The molecule has 1 aromatic carbocycles. The van der Waals surface area contributed by atoms with Crippen LogP contribution in [0.4, 0.5) is 5.69 Å². The molecule has 1 saturated heterocycles. The Morgan fingerprint density at radius 2 is 1.96 bits per heavy atom. The maximum atomic E-state index is 12.3. The monoisotopic (exact) mass is 378 g/mol. The molecule has 0 bridgehead atoms. The van der Waals surface area contributed by atoms with Crippen LogP contribution in [0.1, 0.15) is 0 Å². The van der Waals surface area contributed by atoms with Crippen LogP contribution in [0.15, 0.2) is 17.0 Å². The van der Waals surface area contributed by atoms with E-state index in [2.05, 4.69) is 14.5 Å². The normalized spacial score (nSPS) is 17.1. The maximum Gasteiger partial charge on any atom is 0.313 e. The number of phenolic OH excluding ortho intramolecular Hbond substituents is 1. The van der Waals surface area contributed by atoms with Crippen molar-refractivity contribution in [1.29, 1.82) is 0 Å². The van der Waals surface area contributed by atoms with Crippen molar-refractivity contribution in [2.24, 2.45) is 0 Å². The van der Waals surface area contributed by atoms with Crippen molar-refractivity contribution < 1.29 is 18.4 Å². The first-order valence-electron chi connectivity index (χ1n) is 7.28. The summed E-state index contributed by atoms with van der Waals surface area (Å²) in [6.07, 6.45) is 0. The number of aromatic hydroxyl groups is 1. The number of nitro groups is 1. The molecule has 134 valence electrons. The third kappa shape index (κ3) is 4.54. The Morgan fingerprint density at radius 3 is 2.54 bits per heavy atom. The number of phenols is 1. The number of nitro benzene ring substituents is 1. The molecule has 0 amide bonds. The van der Waals surface area contributed by atoms with Crippen LogP contribution < -0.4 is 4.72 Å². The summed E-state index contributed by atoms with van der Waals surface area (Å²) in [5.74, 6) is -0.920. The van der Waals surface area contributed by atoms with Crippen LogP contribution in [0, 0.1) is 10.1 Å². The van der Waals surface area contributed by atoms with Crippen molar-refractivity contribution in [2.45, 2.75) is 4.90 Å². The van der Waals surface area contributed by atoms with E-state index in [0.717, 1.165) is 38.3 Å². The Balaban J connectivity index is 2.06. The van der Waals surface area contributed by atoms with Crippen molar-refractivity contribution >= 4 is 27.3 Å². The number of hydrogen-bond acceptors (Lipinski definition) is 7. The van der Waals surface area contributed by atoms with Gasteiger partial charge in [-0.3, -0.25) is 15.0 Å². The fourth-order valence-electron chi connectivity index (χ4n) is 2.39. The summed E-state index contributed by atoms with van der Waals surface area (Å²) in [5, 5.41) is 20.6. The summed E-state index contributed by atoms with van der Waals surface area (Å²) in [7, 11) is -2.08. The lowest BCUT2D eigenvalue weighted by Crippen LogP contribution is -2.46. The number of rotatable bonds is 6. The molecular weight excluding hydrogens is 360 g/mol. The van der Waals surface area contributed by atoms with E-state index >= 15 is 0 Å². The Bertz CT molecular complexity index is 719. The minimum atomic E-state index is -4.11. The van der Waals surface area contributed by atoms with Crippen molar-refractivity contribution in [1.82, 2.24) is 14.5 Å². The highest BCUT2D eigenvalue weighted by molar-refractivity contribution is 7.89. The van der Waals surface area contributed by atoms with Crippen molar-refractivity contribution in [3.05, 3.63) is 27.3 Å². The van der Waals surface area contributed by atoms with Crippen LogP contribution in [0.25, 0.3) is 0 Å². The van der Waals surface area contributed by atoms with Crippen LogP contribution in [0.2, 0.25) is 5.02 Å². The highest BCUT2D eigenvalue weighted by Gasteiger charge is 2.27. The van der Waals surface area contributed by atoms with Crippen LogP contribution in [0.5, 0.6) is 5.75 Å². The van der Waals surface area contributed by atoms with E-state index in [1.54, 1.807) is 0 Å². The summed E-state index contributed by atoms with van der Waals surface area (Å²) in [6.45, 7) is 4.14. The fraction of sp³-hybridized carbons (Fsp3) is 0.538. The number of nitrogens with one attached hydrogen (secondary N) is 1. The average molecular weight is 379 g/mol. The van der Waals surface area contributed by atoms with Gasteiger partial charge in [0.05, 0.1) is 4.92 Å². The summed E-state index contributed by atoms with van der Waals surface area (Å²) >= 11 is 5.72. The van der Waals surface area contributed by atoms with E-state index in [-0.39, 0.29) is 11.6 Å². The predicted molar refractivity (Wildman–Crippen MR) is 88.9 cm³/mol. The number of sulfonamides is 1. The van der Waals surface area contributed by atoms with E-state index in [0.29, 0.717) is 6.54 Å². The molecule has 2 N–H and O–H groups in total. The number of benzene rings is 1. The van der Waals surface area contributed by atoms with Gasteiger partial charge in [-0.25, -0.2) is 13.1 Å². The van der Waals surface area contributed by atoms with Gasteiger partial charge in [-0.1, -0.05) is 11.6 Å². The maximum absolute atomic E-state index is 12.3. The van der Waals surface area contributed by atoms with Gasteiger partial charge in [0.1, 0.15) is 4.90 Å². The molecule has 2 rings (SSSR count). The summed E-state index contributed by atoms with van der Waals surface area (Å²) < 4.78 is 26.9. The Hall–Kier alpha value is -1.46. The molecule has 1 heterocycles. The lowest BCUT2D eigenvalue weighted by Gasteiger charge is -2.32. The van der Waals surface area contributed by atoms with Crippen LogP contribution >= 0.6 is 11.6 Å². The van der Waals surface area contributed by atoms with Gasteiger partial charge in [-0.15, -0.1) is 0 Å². The zero-order chi connectivity index (χ0) is 17.9. The lowest BCUT2D eigenvalue weighted by molar-refractivity contribution is -0.386. The molecule has 1 fully saturated rings. The van der Waals surface area contributed by atoms with Gasteiger partial charge in [0.25, 0.3) is 0 Å². The third-order valence-electron chi connectivity index (χ3n) is 3.82. The Morgan fingerprint density at radius 1 is 1.33 bits per heavy atom. The van der Waals surface area contributed by atoms with Crippen molar-refractivity contribution in [3.8, 4) is 5.75 Å². The molecule has 1 aliphatic heterocycles. The van der Waals surface area contributed by atoms with Gasteiger partial charge >= 0.3 is 5.69 Å². The molecule has 0 aromatic heterocycles. The first-order chi connectivity index (χ1) is 11.2. The Labute approximate surface area is 145 Å². The summed E-state index contributed by atoms with van der Waals surface area (Å²) in [4.78, 5) is 13.7. The molecule has 24 heavy (non-hydrogen) atoms. The molecular formula is C13H19ClN4O5S. The smallest absolute Gasteiger partial charge is 0.313 e. The number of likely N-dealkylation sites (N-methyl/N-ethyl adjacent to an activating group) is 1. The van der Waals surface area contributed by atoms with E-state index in [9.17, 15) is 23.6 Å². The first kappa shape index (κ1) is 18.9. The number of halogens is 1. The van der Waals surface area contributed by atoms with E-state index in [1.165, 1.54) is 0 Å². The highest BCUT2D eigenvalue weighted by Crippen LogP contribution is 2.35. The Kier molecular flexibility index (Phi) is 5.99. The molecule has 1 aromatic rings.